The highest BCUT2D eigenvalue weighted by Gasteiger charge is 2.22. The lowest BCUT2D eigenvalue weighted by molar-refractivity contribution is -0.122. The number of carbonyl (C=O) groups is 1. The Labute approximate surface area is 166 Å². The second-order valence-electron chi connectivity index (χ2n) is 5.98. The van der Waals surface area contributed by atoms with Crippen LogP contribution in [0.2, 0.25) is 0 Å². The molecule has 0 aromatic heterocycles. The SMILES string of the molecule is O=C(NNC(=S)Nc1cc(F)cc(F)c1)C(c1ccccc1)c1ccccc1. The Morgan fingerprint density at radius 3 is 1.79 bits per heavy atom. The smallest absolute Gasteiger partial charge is 0.250 e. The molecule has 0 heterocycles. The van der Waals surface area contributed by atoms with Crippen LogP contribution in [0.15, 0.2) is 78.9 Å². The molecule has 3 aromatic rings. The molecular weight excluding hydrogens is 380 g/mol. The van der Waals surface area contributed by atoms with Gasteiger partial charge in [0, 0.05) is 11.8 Å². The van der Waals surface area contributed by atoms with Gasteiger partial charge in [0.25, 0.3) is 0 Å². The highest BCUT2D eigenvalue weighted by atomic mass is 32.1. The number of amides is 1. The van der Waals surface area contributed by atoms with Crippen molar-refractivity contribution in [3.8, 4) is 0 Å². The third kappa shape index (κ3) is 5.11. The van der Waals surface area contributed by atoms with Gasteiger partial charge in [-0.2, -0.15) is 0 Å². The maximum Gasteiger partial charge on any atom is 0.250 e. The van der Waals surface area contributed by atoms with Crippen LogP contribution in [0.3, 0.4) is 0 Å². The number of nitrogens with one attached hydrogen (secondary N) is 3. The summed E-state index contributed by atoms with van der Waals surface area (Å²) in [5.41, 5.74) is 6.88. The molecule has 0 saturated carbocycles. The largest absolute Gasteiger partial charge is 0.331 e. The zero-order valence-corrected chi connectivity index (χ0v) is 15.5. The summed E-state index contributed by atoms with van der Waals surface area (Å²) in [6.07, 6.45) is 0. The maximum absolute atomic E-state index is 13.3. The van der Waals surface area contributed by atoms with E-state index < -0.39 is 17.6 Å². The van der Waals surface area contributed by atoms with Gasteiger partial charge in [-0.3, -0.25) is 15.6 Å². The van der Waals surface area contributed by atoms with E-state index in [0.717, 1.165) is 29.3 Å². The van der Waals surface area contributed by atoms with Crippen molar-refractivity contribution in [2.75, 3.05) is 5.32 Å². The van der Waals surface area contributed by atoms with Gasteiger partial charge in [-0.05, 0) is 35.5 Å². The van der Waals surface area contributed by atoms with E-state index in [1.54, 1.807) is 0 Å². The van der Waals surface area contributed by atoms with Gasteiger partial charge < -0.3 is 5.32 Å². The molecule has 0 fully saturated rings. The molecule has 0 spiro atoms. The molecule has 28 heavy (non-hydrogen) atoms. The van der Waals surface area contributed by atoms with Crippen LogP contribution in [-0.2, 0) is 4.79 Å². The van der Waals surface area contributed by atoms with E-state index in [4.69, 9.17) is 12.2 Å². The Bertz CT molecular complexity index is 908. The molecule has 3 aromatic carbocycles. The van der Waals surface area contributed by atoms with Gasteiger partial charge in [-0.1, -0.05) is 60.7 Å². The maximum atomic E-state index is 13.3. The number of hydrogen-bond acceptors (Lipinski definition) is 2. The van der Waals surface area contributed by atoms with Crippen LogP contribution in [-0.4, -0.2) is 11.0 Å². The minimum absolute atomic E-state index is 0.00165. The molecule has 142 valence electrons. The van der Waals surface area contributed by atoms with Gasteiger partial charge in [-0.15, -0.1) is 0 Å². The third-order valence-corrected chi connectivity index (χ3v) is 4.15. The highest BCUT2D eigenvalue weighted by Crippen LogP contribution is 2.24. The number of thiocarbonyl (C=S) groups is 1. The van der Waals surface area contributed by atoms with E-state index in [-0.39, 0.29) is 16.7 Å². The molecule has 0 radical (unpaired) electrons. The van der Waals surface area contributed by atoms with Gasteiger partial charge in [0.15, 0.2) is 5.11 Å². The van der Waals surface area contributed by atoms with Crippen molar-refractivity contribution in [1.29, 1.82) is 0 Å². The van der Waals surface area contributed by atoms with Crippen molar-refractivity contribution in [3.05, 3.63) is 102 Å². The van der Waals surface area contributed by atoms with E-state index in [1.807, 2.05) is 60.7 Å². The van der Waals surface area contributed by atoms with E-state index in [9.17, 15) is 13.6 Å². The van der Waals surface area contributed by atoms with Gasteiger partial charge in [0.1, 0.15) is 11.6 Å². The number of halogens is 2. The molecular formula is C21H17F2N3OS. The summed E-state index contributed by atoms with van der Waals surface area (Å²) in [7, 11) is 0. The average Bonchev–Trinajstić information content (AvgIpc) is 2.67. The van der Waals surface area contributed by atoms with Gasteiger partial charge >= 0.3 is 0 Å². The van der Waals surface area contributed by atoms with Crippen LogP contribution in [0.25, 0.3) is 0 Å². The summed E-state index contributed by atoms with van der Waals surface area (Å²) in [6.45, 7) is 0. The zero-order valence-electron chi connectivity index (χ0n) is 14.7. The first-order valence-corrected chi connectivity index (χ1v) is 8.86. The van der Waals surface area contributed by atoms with Crippen LogP contribution < -0.4 is 16.2 Å². The molecule has 0 unspecified atom stereocenters. The van der Waals surface area contributed by atoms with Crippen molar-refractivity contribution in [2.45, 2.75) is 5.92 Å². The molecule has 1 amide bonds. The number of hydrazine groups is 1. The lowest BCUT2D eigenvalue weighted by Crippen LogP contribution is -2.45. The lowest BCUT2D eigenvalue weighted by Gasteiger charge is -2.19. The molecule has 0 aliphatic carbocycles. The molecule has 0 aliphatic rings. The first-order valence-electron chi connectivity index (χ1n) is 8.46. The van der Waals surface area contributed by atoms with E-state index >= 15 is 0 Å². The van der Waals surface area contributed by atoms with Crippen molar-refractivity contribution in [3.63, 3.8) is 0 Å². The predicted octanol–water partition coefficient (Wildman–Crippen LogP) is 4.11. The zero-order chi connectivity index (χ0) is 19.9. The second kappa shape index (κ2) is 9.05. The topological polar surface area (TPSA) is 53.2 Å². The third-order valence-electron chi connectivity index (χ3n) is 3.95. The molecule has 3 N–H and O–H groups in total. The fraction of sp³-hybridized carbons (Fsp3) is 0.0476. The quantitative estimate of drug-likeness (QED) is 0.458. The Kier molecular flexibility index (Phi) is 6.29. The van der Waals surface area contributed by atoms with Crippen LogP contribution in [0.5, 0.6) is 0 Å². The molecule has 3 rings (SSSR count). The Hall–Kier alpha value is -3.32. The second-order valence-corrected chi connectivity index (χ2v) is 6.39. The number of benzene rings is 3. The molecule has 0 aliphatic heterocycles. The summed E-state index contributed by atoms with van der Waals surface area (Å²) >= 11 is 5.08. The predicted molar refractivity (Wildman–Crippen MR) is 109 cm³/mol. The lowest BCUT2D eigenvalue weighted by atomic mass is 9.91. The van der Waals surface area contributed by atoms with E-state index in [1.165, 1.54) is 0 Å². The van der Waals surface area contributed by atoms with Crippen LogP contribution >= 0.6 is 12.2 Å². The van der Waals surface area contributed by atoms with E-state index in [2.05, 4.69) is 16.2 Å². The van der Waals surface area contributed by atoms with Crippen LogP contribution in [0.4, 0.5) is 14.5 Å². The Balaban J connectivity index is 1.69. The number of anilines is 1. The fourth-order valence-corrected chi connectivity index (χ4v) is 2.93. The van der Waals surface area contributed by atoms with Crippen molar-refractivity contribution in [2.24, 2.45) is 0 Å². The van der Waals surface area contributed by atoms with Crippen LogP contribution in [0, 0.1) is 11.6 Å². The normalized spacial score (nSPS) is 10.4. The minimum atomic E-state index is -0.734. The van der Waals surface area contributed by atoms with Crippen molar-refractivity contribution < 1.29 is 13.6 Å². The Morgan fingerprint density at radius 2 is 1.29 bits per heavy atom. The highest BCUT2D eigenvalue weighted by molar-refractivity contribution is 7.80. The molecule has 0 bridgehead atoms. The summed E-state index contributed by atoms with van der Waals surface area (Å²) in [4.78, 5) is 12.8. The first kappa shape index (κ1) is 19.4. The molecule has 4 nitrogen and oxygen atoms in total. The van der Waals surface area contributed by atoms with Gasteiger partial charge in [-0.25, -0.2) is 8.78 Å². The number of rotatable bonds is 4. The standard InChI is InChI=1S/C21H17F2N3OS/c22-16-11-17(23)13-18(12-16)24-21(28)26-25-20(27)19(14-7-3-1-4-8-14)15-9-5-2-6-10-15/h1-13,19H,(H,25,27)(H2,24,26,28). The minimum Gasteiger partial charge on any atom is -0.331 e. The van der Waals surface area contributed by atoms with Crippen molar-refractivity contribution >= 4 is 28.9 Å². The monoisotopic (exact) mass is 397 g/mol. The number of hydrogen-bond donors (Lipinski definition) is 3. The van der Waals surface area contributed by atoms with Crippen LogP contribution in [0.1, 0.15) is 17.0 Å². The van der Waals surface area contributed by atoms with E-state index in [0.29, 0.717) is 0 Å². The van der Waals surface area contributed by atoms with Gasteiger partial charge in [0.2, 0.25) is 5.91 Å². The molecule has 0 saturated heterocycles. The van der Waals surface area contributed by atoms with Gasteiger partial charge in [0.05, 0.1) is 5.92 Å². The summed E-state index contributed by atoms with van der Waals surface area (Å²) in [5.74, 6) is -2.35. The molecule has 0 atom stereocenters. The number of carbonyl (C=O) groups excluding carboxylic acids is 1. The fourth-order valence-electron chi connectivity index (χ4n) is 2.77. The first-order chi connectivity index (χ1) is 13.5. The average molecular weight is 397 g/mol. The summed E-state index contributed by atoms with van der Waals surface area (Å²) in [5, 5.41) is 2.62. The Morgan fingerprint density at radius 1 is 0.786 bits per heavy atom. The molecule has 7 heteroatoms. The summed E-state index contributed by atoms with van der Waals surface area (Å²) < 4.78 is 26.5. The summed E-state index contributed by atoms with van der Waals surface area (Å²) in [6, 6.07) is 21.6. The van der Waals surface area contributed by atoms with Crippen molar-refractivity contribution in [1.82, 2.24) is 10.9 Å².